The van der Waals surface area contributed by atoms with Crippen molar-refractivity contribution in [1.82, 2.24) is 4.90 Å². The molecule has 1 amide bonds. The maximum Gasteiger partial charge on any atom is 0.222 e. The van der Waals surface area contributed by atoms with E-state index in [1.165, 1.54) is 12.8 Å². The summed E-state index contributed by atoms with van der Waals surface area (Å²) in [5.41, 5.74) is 5.68. The van der Waals surface area contributed by atoms with E-state index in [1.807, 2.05) is 6.92 Å². The Morgan fingerprint density at radius 1 is 1.29 bits per heavy atom. The summed E-state index contributed by atoms with van der Waals surface area (Å²) in [7, 11) is 0. The van der Waals surface area contributed by atoms with Gasteiger partial charge in [-0.25, -0.2) is 0 Å². The van der Waals surface area contributed by atoms with Crippen LogP contribution in [0, 0.1) is 5.92 Å². The molecule has 1 rings (SSSR count). The number of carbonyl (C=O) groups excluding carboxylic acids is 1. The third kappa shape index (κ3) is 6.89. The third-order valence-electron chi connectivity index (χ3n) is 3.07. The quantitative estimate of drug-likeness (QED) is 0.767. The SMILES string of the molecule is CC(C)CCN(C(=O)CCC(C)N)C1CC1.Cl. The van der Waals surface area contributed by atoms with E-state index in [1.54, 1.807) is 0 Å². The first-order valence-corrected chi connectivity index (χ1v) is 6.55. The number of hydrogen-bond donors (Lipinski definition) is 1. The largest absolute Gasteiger partial charge is 0.340 e. The van der Waals surface area contributed by atoms with Gasteiger partial charge >= 0.3 is 0 Å². The van der Waals surface area contributed by atoms with Crippen LogP contribution in [0.2, 0.25) is 0 Å². The summed E-state index contributed by atoms with van der Waals surface area (Å²) in [6.45, 7) is 7.30. The fourth-order valence-corrected chi connectivity index (χ4v) is 1.79. The second-order valence-corrected chi connectivity index (χ2v) is 5.52. The zero-order valence-electron chi connectivity index (χ0n) is 11.3. The van der Waals surface area contributed by atoms with Gasteiger partial charge in [-0.15, -0.1) is 12.4 Å². The van der Waals surface area contributed by atoms with Gasteiger partial charge in [0, 0.05) is 25.0 Å². The highest BCUT2D eigenvalue weighted by Gasteiger charge is 2.31. The van der Waals surface area contributed by atoms with E-state index < -0.39 is 0 Å². The molecule has 0 radical (unpaired) electrons. The average Bonchev–Trinajstić information content (AvgIpc) is 2.98. The van der Waals surface area contributed by atoms with Crippen molar-refractivity contribution in [3.63, 3.8) is 0 Å². The summed E-state index contributed by atoms with van der Waals surface area (Å²) >= 11 is 0. The van der Waals surface area contributed by atoms with Gasteiger partial charge in [-0.2, -0.15) is 0 Å². The Labute approximate surface area is 112 Å². The van der Waals surface area contributed by atoms with Crippen LogP contribution in [-0.2, 0) is 4.79 Å². The van der Waals surface area contributed by atoms with Gasteiger partial charge in [0.05, 0.1) is 0 Å². The van der Waals surface area contributed by atoms with E-state index in [9.17, 15) is 4.79 Å². The van der Waals surface area contributed by atoms with Gasteiger partial charge < -0.3 is 10.6 Å². The molecule has 0 bridgehead atoms. The Balaban J connectivity index is 0.00000256. The number of hydrogen-bond acceptors (Lipinski definition) is 2. The van der Waals surface area contributed by atoms with Crippen molar-refractivity contribution in [3.8, 4) is 0 Å². The Morgan fingerprint density at radius 2 is 1.88 bits per heavy atom. The Morgan fingerprint density at radius 3 is 2.29 bits per heavy atom. The summed E-state index contributed by atoms with van der Waals surface area (Å²) in [4.78, 5) is 14.1. The second-order valence-electron chi connectivity index (χ2n) is 5.52. The van der Waals surface area contributed by atoms with Crippen molar-refractivity contribution in [2.24, 2.45) is 11.7 Å². The van der Waals surface area contributed by atoms with Gasteiger partial charge in [0.2, 0.25) is 5.91 Å². The topological polar surface area (TPSA) is 46.3 Å². The monoisotopic (exact) mass is 262 g/mol. The van der Waals surface area contributed by atoms with Crippen LogP contribution in [0.5, 0.6) is 0 Å². The molecule has 1 fully saturated rings. The van der Waals surface area contributed by atoms with E-state index in [0.29, 0.717) is 24.3 Å². The van der Waals surface area contributed by atoms with Crippen LogP contribution in [0.1, 0.15) is 52.9 Å². The summed E-state index contributed by atoms with van der Waals surface area (Å²) in [5, 5.41) is 0. The molecule has 3 nitrogen and oxygen atoms in total. The van der Waals surface area contributed by atoms with Crippen molar-refractivity contribution >= 4 is 18.3 Å². The molecule has 1 saturated carbocycles. The number of halogens is 1. The molecule has 1 atom stereocenters. The van der Waals surface area contributed by atoms with Crippen molar-refractivity contribution in [3.05, 3.63) is 0 Å². The summed E-state index contributed by atoms with van der Waals surface area (Å²) < 4.78 is 0. The molecule has 4 heteroatoms. The molecule has 0 saturated heterocycles. The zero-order valence-corrected chi connectivity index (χ0v) is 12.1. The lowest BCUT2D eigenvalue weighted by Crippen LogP contribution is -2.35. The Hall–Kier alpha value is -0.280. The normalized spacial score (nSPS) is 16.5. The van der Waals surface area contributed by atoms with E-state index in [-0.39, 0.29) is 18.4 Å². The maximum atomic E-state index is 12.0. The first-order chi connectivity index (χ1) is 7.50. The molecule has 1 aliphatic rings. The summed E-state index contributed by atoms with van der Waals surface area (Å²) in [5.74, 6) is 0.975. The minimum atomic E-state index is 0. The lowest BCUT2D eigenvalue weighted by molar-refractivity contribution is -0.132. The number of nitrogens with zero attached hydrogens (tertiary/aromatic N) is 1. The highest BCUT2D eigenvalue weighted by Crippen LogP contribution is 2.28. The molecule has 0 aliphatic heterocycles. The van der Waals surface area contributed by atoms with Crippen molar-refractivity contribution in [2.45, 2.75) is 65.0 Å². The lowest BCUT2D eigenvalue weighted by atomic mass is 10.1. The molecule has 0 heterocycles. The number of carbonyl (C=O) groups is 1. The number of nitrogens with two attached hydrogens (primary N) is 1. The lowest BCUT2D eigenvalue weighted by Gasteiger charge is -2.23. The van der Waals surface area contributed by atoms with Crippen LogP contribution in [0.25, 0.3) is 0 Å². The first kappa shape index (κ1) is 16.7. The molecular formula is C13H27ClN2O. The molecule has 102 valence electrons. The van der Waals surface area contributed by atoms with Crippen molar-refractivity contribution in [1.29, 1.82) is 0 Å². The predicted octanol–water partition coefficient (Wildman–Crippen LogP) is 2.57. The van der Waals surface area contributed by atoms with Crippen LogP contribution in [-0.4, -0.2) is 29.4 Å². The molecule has 0 spiro atoms. The molecule has 1 aliphatic carbocycles. The van der Waals surface area contributed by atoms with E-state index >= 15 is 0 Å². The van der Waals surface area contributed by atoms with Gasteiger partial charge in [-0.05, 0) is 38.5 Å². The zero-order chi connectivity index (χ0) is 12.1. The van der Waals surface area contributed by atoms with Gasteiger partial charge in [-0.1, -0.05) is 13.8 Å². The highest BCUT2D eigenvalue weighted by atomic mass is 35.5. The third-order valence-corrected chi connectivity index (χ3v) is 3.07. The van der Waals surface area contributed by atoms with Crippen LogP contribution in [0.15, 0.2) is 0 Å². The van der Waals surface area contributed by atoms with Crippen LogP contribution < -0.4 is 5.73 Å². The maximum absolute atomic E-state index is 12.0. The number of amides is 1. The van der Waals surface area contributed by atoms with Gasteiger partial charge in [0.25, 0.3) is 0 Å². The molecular weight excluding hydrogens is 236 g/mol. The highest BCUT2D eigenvalue weighted by molar-refractivity contribution is 5.85. The van der Waals surface area contributed by atoms with Gasteiger partial charge in [0.15, 0.2) is 0 Å². The Kier molecular flexibility index (Phi) is 7.80. The minimum Gasteiger partial charge on any atom is -0.340 e. The Bertz CT molecular complexity index is 227. The average molecular weight is 263 g/mol. The van der Waals surface area contributed by atoms with E-state index in [0.717, 1.165) is 19.4 Å². The molecule has 1 unspecified atom stereocenters. The van der Waals surface area contributed by atoms with E-state index in [2.05, 4.69) is 18.7 Å². The predicted molar refractivity (Wildman–Crippen MR) is 74.3 cm³/mol. The second kappa shape index (κ2) is 7.93. The van der Waals surface area contributed by atoms with Gasteiger partial charge in [0.1, 0.15) is 0 Å². The van der Waals surface area contributed by atoms with Gasteiger partial charge in [-0.3, -0.25) is 4.79 Å². The fourth-order valence-electron chi connectivity index (χ4n) is 1.79. The van der Waals surface area contributed by atoms with Crippen molar-refractivity contribution in [2.75, 3.05) is 6.54 Å². The summed E-state index contributed by atoms with van der Waals surface area (Å²) in [6, 6.07) is 0.675. The molecule has 0 aromatic heterocycles. The first-order valence-electron chi connectivity index (χ1n) is 6.55. The van der Waals surface area contributed by atoms with Crippen LogP contribution in [0.4, 0.5) is 0 Å². The standard InChI is InChI=1S/C13H26N2O.ClH/c1-10(2)8-9-15(12-5-6-12)13(16)7-4-11(3)14;/h10-12H,4-9,14H2,1-3H3;1H. The molecule has 0 aromatic carbocycles. The summed E-state index contributed by atoms with van der Waals surface area (Å²) in [6.07, 6.45) is 4.93. The fraction of sp³-hybridized carbons (Fsp3) is 0.923. The van der Waals surface area contributed by atoms with Crippen molar-refractivity contribution < 1.29 is 4.79 Å². The van der Waals surface area contributed by atoms with Crippen LogP contribution >= 0.6 is 12.4 Å². The van der Waals surface area contributed by atoms with E-state index in [4.69, 9.17) is 5.73 Å². The van der Waals surface area contributed by atoms with Crippen LogP contribution in [0.3, 0.4) is 0 Å². The minimum absolute atomic E-state index is 0. The molecule has 2 N–H and O–H groups in total. The smallest absolute Gasteiger partial charge is 0.222 e. The number of rotatable bonds is 7. The molecule has 0 aromatic rings. The molecule has 17 heavy (non-hydrogen) atoms.